The Morgan fingerprint density at radius 1 is 1.04 bits per heavy atom. The van der Waals surface area contributed by atoms with Crippen LogP contribution >= 0.6 is 0 Å². The number of benzene rings is 1. The Bertz CT molecular complexity index is 652. The topological polar surface area (TPSA) is 56.7 Å². The summed E-state index contributed by atoms with van der Waals surface area (Å²) in [7, 11) is 0. The molecule has 3 rings (SSSR count). The molecular weight excluding hydrogens is 348 g/mol. The molecule has 1 saturated carbocycles. The number of carbonyl (C=O) groups excluding carboxylic acids is 1. The van der Waals surface area contributed by atoms with Gasteiger partial charge in [-0.1, -0.05) is 25.5 Å². The van der Waals surface area contributed by atoms with Gasteiger partial charge in [0.25, 0.3) is 5.91 Å². The summed E-state index contributed by atoms with van der Waals surface area (Å²) in [6.45, 7) is 8.64. The van der Waals surface area contributed by atoms with Gasteiger partial charge in [-0.25, -0.2) is 4.99 Å². The molecule has 2 aliphatic rings. The van der Waals surface area contributed by atoms with Crippen molar-refractivity contribution in [2.45, 2.75) is 65.3 Å². The van der Waals surface area contributed by atoms with Crippen molar-refractivity contribution in [3.05, 3.63) is 35.4 Å². The van der Waals surface area contributed by atoms with Crippen molar-refractivity contribution in [3.8, 4) is 0 Å². The highest BCUT2D eigenvalue weighted by Crippen LogP contribution is 2.42. The number of guanidine groups is 1. The summed E-state index contributed by atoms with van der Waals surface area (Å²) in [5.41, 5.74) is 2.38. The lowest BCUT2D eigenvalue weighted by Gasteiger charge is -2.41. The third-order valence-electron chi connectivity index (χ3n) is 6.40. The van der Waals surface area contributed by atoms with Crippen molar-refractivity contribution in [2.75, 3.05) is 26.2 Å². The molecule has 1 heterocycles. The SMILES string of the molecule is CCNC(=NCc1ccc(C(=O)N2CCCCC2)cc1)NCC1(CC)CCC1. The minimum atomic E-state index is 0.162. The number of piperidine rings is 1. The number of hydrogen-bond acceptors (Lipinski definition) is 2. The van der Waals surface area contributed by atoms with Gasteiger partial charge in [-0.15, -0.1) is 0 Å². The maximum Gasteiger partial charge on any atom is 0.253 e. The lowest BCUT2D eigenvalue weighted by atomic mass is 9.67. The quantitative estimate of drug-likeness (QED) is 0.553. The van der Waals surface area contributed by atoms with Gasteiger partial charge in [-0.05, 0) is 68.6 Å². The van der Waals surface area contributed by atoms with E-state index in [0.29, 0.717) is 12.0 Å². The van der Waals surface area contributed by atoms with Gasteiger partial charge in [0.1, 0.15) is 0 Å². The first-order valence-corrected chi connectivity index (χ1v) is 11.1. The molecule has 1 aliphatic heterocycles. The minimum Gasteiger partial charge on any atom is -0.357 e. The molecule has 28 heavy (non-hydrogen) atoms. The van der Waals surface area contributed by atoms with E-state index in [1.807, 2.05) is 29.2 Å². The maximum atomic E-state index is 12.6. The normalized spacial score (nSPS) is 19.1. The second-order valence-corrected chi connectivity index (χ2v) is 8.31. The van der Waals surface area contributed by atoms with Gasteiger partial charge in [0.2, 0.25) is 0 Å². The van der Waals surface area contributed by atoms with E-state index < -0.39 is 0 Å². The molecule has 0 aromatic heterocycles. The highest BCUT2D eigenvalue weighted by Gasteiger charge is 2.34. The zero-order chi connectivity index (χ0) is 19.8. The Balaban J connectivity index is 1.55. The Kier molecular flexibility index (Phi) is 7.35. The van der Waals surface area contributed by atoms with E-state index in [1.165, 1.54) is 32.1 Å². The lowest BCUT2D eigenvalue weighted by molar-refractivity contribution is 0.0724. The molecule has 1 aliphatic carbocycles. The van der Waals surface area contributed by atoms with E-state index in [9.17, 15) is 4.79 Å². The molecule has 154 valence electrons. The Morgan fingerprint density at radius 3 is 2.32 bits per heavy atom. The van der Waals surface area contributed by atoms with Crippen LogP contribution in [0.1, 0.15) is 74.7 Å². The third-order valence-corrected chi connectivity index (χ3v) is 6.40. The first-order valence-electron chi connectivity index (χ1n) is 11.1. The van der Waals surface area contributed by atoms with Crippen LogP contribution in [0.5, 0.6) is 0 Å². The summed E-state index contributed by atoms with van der Waals surface area (Å²) in [5.74, 6) is 1.05. The molecule has 1 amide bonds. The van der Waals surface area contributed by atoms with Crippen molar-refractivity contribution in [3.63, 3.8) is 0 Å². The fourth-order valence-corrected chi connectivity index (χ4v) is 4.15. The van der Waals surface area contributed by atoms with Crippen LogP contribution in [-0.2, 0) is 6.54 Å². The second kappa shape index (κ2) is 9.94. The fraction of sp³-hybridized carbons (Fsp3) is 0.652. The predicted octanol–water partition coefficient (Wildman–Crippen LogP) is 3.95. The van der Waals surface area contributed by atoms with Gasteiger partial charge in [0.15, 0.2) is 5.96 Å². The van der Waals surface area contributed by atoms with Crippen LogP contribution in [0.4, 0.5) is 0 Å². The average molecular weight is 385 g/mol. The molecule has 0 radical (unpaired) electrons. The second-order valence-electron chi connectivity index (χ2n) is 8.31. The number of rotatable bonds is 7. The Labute approximate surface area is 170 Å². The molecule has 1 aromatic carbocycles. The lowest BCUT2D eigenvalue weighted by Crippen LogP contribution is -2.46. The van der Waals surface area contributed by atoms with Crippen LogP contribution in [0.2, 0.25) is 0 Å². The molecule has 0 bridgehead atoms. The van der Waals surface area contributed by atoms with Gasteiger partial charge < -0.3 is 15.5 Å². The third kappa shape index (κ3) is 5.27. The predicted molar refractivity (Wildman–Crippen MR) is 116 cm³/mol. The Morgan fingerprint density at radius 2 is 1.75 bits per heavy atom. The van der Waals surface area contributed by atoms with Crippen LogP contribution in [0, 0.1) is 5.41 Å². The van der Waals surface area contributed by atoms with E-state index in [2.05, 4.69) is 24.5 Å². The zero-order valence-corrected chi connectivity index (χ0v) is 17.6. The first-order chi connectivity index (χ1) is 13.7. The maximum absolute atomic E-state index is 12.6. The number of likely N-dealkylation sites (tertiary alicyclic amines) is 1. The molecule has 0 unspecified atom stereocenters. The van der Waals surface area contributed by atoms with Crippen LogP contribution in [0.15, 0.2) is 29.3 Å². The Hall–Kier alpha value is -2.04. The molecule has 1 aromatic rings. The molecule has 1 saturated heterocycles. The van der Waals surface area contributed by atoms with Crippen molar-refractivity contribution in [1.29, 1.82) is 0 Å². The van der Waals surface area contributed by atoms with Crippen molar-refractivity contribution in [1.82, 2.24) is 15.5 Å². The molecular formula is C23H36N4O. The molecule has 2 fully saturated rings. The molecule has 5 nitrogen and oxygen atoms in total. The summed E-state index contributed by atoms with van der Waals surface area (Å²) in [4.78, 5) is 19.3. The summed E-state index contributed by atoms with van der Waals surface area (Å²) in [5, 5.41) is 6.88. The summed E-state index contributed by atoms with van der Waals surface area (Å²) >= 11 is 0. The number of amides is 1. The van der Waals surface area contributed by atoms with Crippen LogP contribution < -0.4 is 10.6 Å². The zero-order valence-electron chi connectivity index (χ0n) is 17.6. The number of carbonyl (C=O) groups is 1. The number of hydrogen-bond donors (Lipinski definition) is 2. The van der Waals surface area contributed by atoms with Gasteiger partial charge >= 0.3 is 0 Å². The van der Waals surface area contributed by atoms with Crippen molar-refractivity contribution in [2.24, 2.45) is 10.4 Å². The van der Waals surface area contributed by atoms with Gasteiger partial charge in [0, 0.05) is 31.7 Å². The molecule has 5 heteroatoms. The highest BCUT2D eigenvalue weighted by molar-refractivity contribution is 5.94. The standard InChI is InChI=1S/C23H36N4O/c1-3-23(13-8-14-23)18-26-22(24-4-2)25-17-19-9-11-20(12-10-19)21(28)27-15-6-5-7-16-27/h9-12H,3-8,13-18H2,1-2H3,(H2,24,25,26). The average Bonchev–Trinajstić information content (AvgIpc) is 2.72. The smallest absolute Gasteiger partial charge is 0.253 e. The minimum absolute atomic E-state index is 0.162. The van der Waals surface area contributed by atoms with Crippen LogP contribution in [0.25, 0.3) is 0 Å². The number of nitrogens with zero attached hydrogens (tertiary/aromatic N) is 2. The van der Waals surface area contributed by atoms with Gasteiger partial charge in [-0.2, -0.15) is 0 Å². The van der Waals surface area contributed by atoms with E-state index in [-0.39, 0.29) is 5.91 Å². The molecule has 2 N–H and O–H groups in total. The fourth-order valence-electron chi connectivity index (χ4n) is 4.15. The molecule has 0 atom stereocenters. The number of aliphatic imine (C=N–C) groups is 1. The van der Waals surface area contributed by atoms with Gasteiger partial charge in [-0.3, -0.25) is 4.79 Å². The van der Waals surface area contributed by atoms with Crippen LogP contribution in [-0.4, -0.2) is 42.9 Å². The van der Waals surface area contributed by atoms with E-state index in [1.54, 1.807) is 0 Å². The highest BCUT2D eigenvalue weighted by atomic mass is 16.2. The van der Waals surface area contributed by atoms with E-state index in [0.717, 1.165) is 56.1 Å². The largest absolute Gasteiger partial charge is 0.357 e. The number of nitrogens with one attached hydrogen (secondary N) is 2. The first kappa shape index (κ1) is 20.7. The van der Waals surface area contributed by atoms with Crippen molar-refractivity contribution >= 4 is 11.9 Å². The summed E-state index contributed by atoms with van der Waals surface area (Å²) in [6.07, 6.45) is 8.71. The van der Waals surface area contributed by atoms with E-state index >= 15 is 0 Å². The monoisotopic (exact) mass is 384 g/mol. The van der Waals surface area contributed by atoms with E-state index in [4.69, 9.17) is 4.99 Å². The molecule has 0 spiro atoms. The van der Waals surface area contributed by atoms with Crippen molar-refractivity contribution < 1.29 is 4.79 Å². The summed E-state index contributed by atoms with van der Waals surface area (Å²) in [6, 6.07) is 7.96. The van der Waals surface area contributed by atoms with Crippen LogP contribution in [0.3, 0.4) is 0 Å². The van der Waals surface area contributed by atoms with Gasteiger partial charge in [0.05, 0.1) is 6.54 Å². The summed E-state index contributed by atoms with van der Waals surface area (Å²) < 4.78 is 0.